The van der Waals surface area contributed by atoms with Crippen molar-refractivity contribution in [1.29, 1.82) is 0 Å². The Morgan fingerprint density at radius 3 is 2.33 bits per heavy atom. The molecule has 2 atom stereocenters. The third-order valence-corrected chi connectivity index (χ3v) is 8.36. The molecule has 0 saturated carbocycles. The van der Waals surface area contributed by atoms with Gasteiger partial charge in [0.1, 0.15) is 13.2 Å². The van der Waals surface area contributed by atoms with Crippen molar-refractivity contribution < 1.29 is 33.6 Å². The number of aliphatic hydroxyl groups is 1. The van der Waals surface area contributed by atoms with Gasteiger partial charge in [-0.25, -0.2) is 4.79 Å². The summed E-state index contributed by atoms with van der Waals surface area (Å²) in [7, 11) is 0. The van der Waals surface area contributed by atoms with E-state index >= 15 is 0 Å². The van der Waals surface area contributed by atoms with E-state index in [-0.39, 0.29) is 30.6 Å². The fourth-order valence-electron chi connectivity index (χ4n) is 3.92. The van der Waals surface area contributed by atoms with Gasteiger partial charge in [0.2, 0.25) is 5.91 Å². The first-order chi connectivity index (χ1) is 18.8. The van der Waals surface area contributed by atoms with E-state index in [2.05, 4.69) is 10.2 Å². The molecule has 0 aromatic rings. The predicted molar refractivity (Wildman–Crippen MR) is 161 cm³/mol. The second-order valence-electron chi connectivity index (χ2n) is 12.4. The lowest BCUT2D eigenvalue weighted by atomic mass is 9.87. The average Bonchev–Trinajstić information content (AvgIpc) is 2.90. The number of amides is 1. The van der Waals surface area contributed by atoms with Crippen molar-refractivity contribution in [3.05, 3.63) is 0 Å². The summed E-state index contributed by atoms with van der Waals surface area (Å²) in [4.78, 5) is 26.9. The van der Waals surface area contributed by atoms with Crippen LogP contribution in [0.2, 0.25) is 0 Å². The van der Waals surface area contributed by atoms with Gasteiger partial charge in [0, 0.05) is 31.2 Å². The zero-order valence-corrected chi connectivity index (χ0v) is 27.2. The van der Waals surface area contributed by atoms with Crippen LogP contribution in [0.25, 0.3) is 0 Å². The molecule has 2 N–H and O–H groups in total. The average molecular weight is 591 g/mol. The van der Waals surface area contributed by atoms with Crippen molar-refractivity contribution in [2.24, 2.45) is 11.3 Å². The molecule has 10 heteroatoms. The molecule has 0 aromatic heterocycles. The summed E-state index contributed by atoms with van der Waals surface area (Å²) in [6.07, 6.45) is 5.98. The standard InChI is InChI=1S/C30H58N2O7S/c1-8-30(24-39-28(4,5)6,23-37-27(34)21-38-29(7,35)25(2)3)22-36-18-20-40-19-12-13-26(33)31-14-17-32-15-10-9-11-16-32/h25,35H,8-24H2,1-7H3,(H,31,33). The minimum absolute atomic E-state index is 0.133. The molecular formula is C30H58N2O7S. The second-order valence-corrected chi connectivity index (χ2v) is 13.7. The molecule has 9 nitrogen and oxygen atoms in total. The fraction of sp³-hybridized carbons (Fsp3) is 0.933. The van der Waals surface area contributed by atoms with Crippen molar-refractivity contribution >= 4 is 23.6 Å². The molecule has 1 amide bonds. The van der Waals surface area contributed by atoms with Crippen molar-refractivity contribution in [2.75, 3.05) is 70.7 Å². The highest BCUT2D eigenvalue weighted by atomic mass is 32.2. The molecule has 1 aliphatic rings. The fourth-order valence-corrected chi connectivity index (χ4v) is 4.70. The minimum Gasteiger partial charge on any atom is -0.463 e. The van der Waals surface area contributed by atoms with E-state index in [9.17, 15) is 14.7 Å². The van der Waals surface area contributed by atoms with Gasteiger partial charge in [-0.3, -0.25) is 4.79 Å². The van der Waals surface area contributed by atoms with Crippen molar-refractivity contribution in [1.82, 2.24) is 10.2 Å². The Morgan fingerprint density at radius 2 is 1.70 bits per heavy atom. The van der Waals surface area contributed by atoms with Gasteiger partial charge in [-0.2, -0.15) is 11.8 Å². The molecular weight excluding hydrogens is 532 g/mol. The van der Waals surface area contributed by atoms with Crippen molar-refractivity contribution in [3.8, 4) is 0 Å². The van der Waals surface area contributed by atoms with Crippen LogP contribution in [0.15, 0.2) is 0 Å². The Morgan fingerprint density at radius 1 is 1.00 bits per heavy atom. The number of carbonyl (C=O) groups excluding carboxylic acids is 2. The first kappa shape index (κ1) is 37.1. The number of likely N-dealkylation sites (tertiary alicyclic amines) is 1. The molecule has 1 fully saturated rings. The van der Waals surface area contributed by atoms with Crippen LogP contribution in [0.4, 0.5) is 0 Å². The lowest BCUT2D eigenvalue weighted by molar-refractivity contribution is -0.224. The molecule has 0 spiro atoms. The van der Waals surface area contributed by atoms with E-state index in [4.69, 9.17) is 18.9 Å². The van der Waals surface area contributed by atoms with E-state index in [1.165, 1.54) is 26.2 Å². The van der Waals surface area contributed by atoms with Crippen LogP contribution < -0.4 is 5.32 Å². The van der Waals surface area contributed by atoms with Crippen LogP contribution in [0, 0.1) is 11.3 Å². The minimum atomic E-state index is -1.40. The monoisotopic (exact) mass is 590 g/mol. The maximum Gasteiger partial charge on any atom is 0.332 e. The summed E-state index contributed by atoms with van der Waals surface area (Å²) in [5.74, 6) is -0.212. The SMILES string of the molecule is CCC(COCCSCCCC(=O)NCCN1CCCCC1)(COC(=O)COC(C)(O)C(C)C)COC(C)(C)C. The summed E-state index contributed by atoms with van der Waals surface area (Å²) in [6, 6.07) is 0. The Hall–Kier alpha value is -0.910. The highest BCUT2D eigenvalue weighted by molar-refractivity contribution is 7.99. The summed E-state index contributed by atoms with van der Waals surface area (Å²) in [5, 5.41) is 13.3. The lowest BCUT2D eigenvalue weighted by Crippen LogP contribution is -2.41. The number of nitrogens with one attached hydrogen (secondary N) is 1. The number of hydrogen-bond donors (Lipinski definition) is 2. The van der Waals surface area contributed by atoms with Crippen LogP contribution in [-0.2, 0) is 28.5 Å². The van der Waals surface area contributed by atoms with Gasteiger partial charge in [-0.15, -0.1) is 0 Å². The topological polar surface area (TPSA) is 107 Å². The van der Waals surface area contributed by atoms with Crippen molar-refractivity contribution in [3.63, 3.8) is 0 Å². The van der Waals surface area contributed by atoms with Crippen molar-refractivity contribution in [2.45, 2.75) is 98.4 Å². The van der Waals surface area contributed by atoms with Crippen LogP contribution in [0.3, 0.4) is 0 Å². The normalized spacial score (nSPS) is 17.8. The summed E-state index contributed by atoms with van der Waals surface area (Å²) in [6.45, 7) is 18.4. The zero-order chi connectivity index (χ0) is 30.1. The van der Waals surface area contributed by atoms with E-state index < -0.39 is 17.2 Å². The largest absolute Gasteiger partial charge is 0.463 e. The van der Waals surface area contributed by atoms with Gasteiger partial charge in [0.05, 0.1) is 30.8 Å². The number of hydrogen-bond acceptors (Lipinski definition) is 9. The van der Waals surface area contributed by atoms with Gasteiger partial charge < -0.3 is 34.3 Å². The Bertz CT molecular complexity index is 709. The molecule has 1 saturated heterocycles. The first-order valence-electron chi connectivity index (χ1n) is 15.1. The van der Waals surface area contributed by atoms with E-state index in [0.717, 1.165) is 44.1 Å². The van der Waals surface area contributed by atoms with E-state index in [1.807, 2.05) is 41.5 Å². The van der Waals surface area contributed by atoms with Gasteiger partial charge in [-0.1, -0.05) is 27.2 Å². The van der Waals surface area contributed by atoms with Crippen LogP contribution in [0.5, 0.6) is 0 Å². The number of ether oxygens (including phenoxy) is 4. The summed E-state index contributed by atoms with van der Waals surface area (Å²) in [5.41, 5.74) is -0.820. The number of esters is 1. The highest BCUT2D eigenvalue weighted by Crippen LogP contribution is 2.27. The number of carbonyl (C=O) groups is 2. The van der Waals surface area contributed by atoms with E-state index in [0.29, 0.717) is 32.7 Å². The van der Waals surface area contributed by atoms with E-state index in [1.54, 1.807) is 11.8 Å². The molecule has 0 aromatic carbocycles. The lowest BCUT2D eigenvalue weighted by Gasteiger charge is -2.35. The Kier molecular flexibility index (Phi) is 17.9. The van der Waals surface area contributed by atoms with Crippen LogP contribution in [-0.4, -0.2) is 104 Å². The quantitative estimate of drug-likeness (QED) is 0.115. The summed E-state index contributed by atoms with van der Waals surface area (Å²) >= 11 is 1.78. The molecule has 0 bridgehead atoms. The zero-order valence-electron chi connectivity index (χ0n) is 26.4. The van der Waals surface area contributed by atoms with Gasteiger partial charge >= 0.3 is 5.97 Å². The molecule has 2 unspecified atom stereocenters. The Labute approximate surface area is 247 Å². The van der Waals surface area contributed by atoms with Crippen LogP contribution in [0.1, 0.15) is 87.0 Å². The van der Waals surface area contributed by atoms with Crippen LogP contribution >= 0.6 is 11.8 Å². The summed E-state index contributed by atoms with van der Waals surface area (Å²) < 4.78 is 23.0. The number of nitrogens with zero attached hydrogens (tertiary/aromatic N) is 1. The maximum absolute atomic E-state index is 12.4. The third-order valence-electron chi connectivity index (χ3n) is 7.33. The smallest absolute Gasteiger partial charge is 0.332 e. The molecule has 1 heterocycles. The molecule has 0 aliphatic carbocycles. The van der Waals surface area contributed by atoms with Gasteiger partial charge in [-0.05, 0) is 72.2 Å². The molecule has 0 radical (unpaired) electrons. The number of piperidine rings is 1. The molecule has 236 valence electrons. The molecule has 1 rings (SSSR count). The second kappa shape index (κ2) is 19.3. The Balaban J connectivity index is 2.32. The highest BCUT2D eigenvalue weighted by Gasteiger charge is 2.34. The van der Waals surface area contributed by atoms with Gasteiger partial charge in [0.25, 0.3) is 0 Å². The first-order valence-corrected chi connectivity index (χ1v) is 16.2. The van der Waals surface area contributed by atoms with Gasteiger partial charge in [0.15, 0.2) is 5.79 Å². The maximum atomic E-state index is 12.4. The third kappa shape index (κ3) is 17.1. The molecule has 1 aliphatic heterocycles. The predicted octanol–water partition coefficient (Wildman–Crippen LogP) is 4.25. The molecule has 40 heavy (non-hydrogen) atoms. The number of thioether (sulfide) groups is 1. The number of rotatable bonds is 21.